The number of halogens is 3. The topological polar surface area (TPSA) is 215 Å². The molecule has 5 N–H and O–H groups in total. The highest BCUT2D eigenvalue weighted by Crippen LogP contribution is 2.40. The number of carbonyl (C=O) groups excluding carboxylic acids is 1. The molecule has 4 atom stereocenters. The van der Waals surface area contributed by atoms with Gasteiger partial charge in [0.25, 0.3) is 5.91 Å². The average Bonchev–Trinajstić information content (AvgIpc) is 3.47. The number of carboxylic acid groups (broad SMARTS) is 2. The van der Waals surface area contributed by atoms with Crippen LogP contribution in [0.25, 0.3) is 10.9 Å². The fourth-order valence-electron chi connectivity index (χ4n) is 4.25. The number of aryl methyl sites for hydroxylation is 1. The molecule has 14 nitrogen and oxygen atoms in total. The first-order valence-corrected chi connectivity index (χ1v) is 11.8. The van der Waals surface area contributed by atoms with Crippen molar-refractivity contribution in [3.05, 3.63) is 47.2 Å². The summed E-state index contributed by atoms with van der Waals surface area (Å²) in [5.74, 6) is -4.37. The third-order valence-corrected chi connectivity index (χ3v) is 6.40. The van der Waals surface area contributed by atoms with Crippen LogP contribution in [0.5, 0.6) is 0 Å². The summed E-state index contributed by atoms with van der Waals surface area (Å²) in [5.41, 5.74) is -1.47. The molecule has 3 aromatic rings. The van der Waals surface area contributed by atoms with Crippen LogP contribution in [0.2, 0.25) is 0 Å². The SMILES string of the molecule is C[C@H]1CN(C(=O)c2c3ccc(C#N)cc3nn2C)Cc2cnc([C@@](C)(O)C(F)(F)F)n21.O=C(O)C(O)C(O)C(=O)O. The quantitative estimate of drug-likeness (QED) is 0.279. The minimum Gasteiger partial charge on any atom is -0.479 e. The van der Waals surface area contributed by atoms with Crippen molar-refractivity contribution in [3.8, 4) is 6.07 Å². The van der Waals surface area contributed by atoms with Gasteiger partial charge in [-0.25, -0.2) is 14.6 Å². The summed E-state index contributed by atoms with van der Waals surface area (Å²) in [6.07, 6.45) is -8.17. The average molecular weight is 582 g/mol. The first-order valence-electron chi connectivity index (χ1n) is 11.8. The number of nitriles is 1. The fourth-order valence-corrected chi connectivity index (χ4v) is 4.25. The minimum absolute atomic E-state index is 0.0348. The van der Waals surface area contributed by atoms with Crippen LogP contribution >= 0.6 is 0 Å². The molecular weight excluding hydrogens is 557 g/mol. The number of rotatable bonds is 5. The van der Waals surface area contributed by atoms with E-state index in [4.69, 9.17) is 25.7 Å². The van der Waals surface area contributed by atoms with Gasteiger partial charge in [0.1, 0.15) is 5.69 Å². The number of aliphatic hydroxyl groups is 3. The lowest BCUT2D eigenvalue weighted by molar-refractivity contribution is -0.263. The standard InChI is InChI=1S/C20H19F3N6O2.C4H6O6/c1-11-9-28(10-13-8-25-18(29(11)13)19(2,31)20(21,22)23)17(30)16-14-5-4-12(7-24)6-15(14)26-27(16)3;5-1(3(7)8)2(6)4(9)10/h4-6,8,11,31H,9-10H2,1-3H3;1-2,5-6H,(H,7,8)(H,9,10)/t11-,19+;/m0./s1. The first-order chi connectivity index (χ1) is 18.9. The molecule has 1 amide bonds. The molecule has 17 heteroatoms. The van der Waals surface area contributed by atoms with Gasteiger partial charge in [-0.3, -0.25) is 9.48 Å². The van der Waals surface area contributed by atoms with Crippen molar-refractivity contribution >= 4 is 28.7 Å². The number of aliphatic hydroxyl groups excluding tert-OH is 2. The van der Waals surface area contributed by atoms with Gasteiger partial charge < -0.3 is 35.0 Å². The molecule has 0 fully saturated rings. The monoisotopic (exact) mass is 582 g/mol. The Morgan fingerprint density at radius 2 is 1.73 bits per heavy atom. The van der Waals surface area contributed by atoms with Crippen molar-refractivity contribution in [3.63, 3.8) is 0 Å². The lowest BCUT2D eigenvalue weighted by Crippen LogP contribution is -2.46. The van der Waals surface area contributed by atoms with Crippen molar-refractivity contribution in [1.82, 2.24) is 24.2 Å². The third-order valence-electron chi connectivity index (χ3n) is 6.40. The maximum Gasteiger partial charge on any atom is 0.424 e. The van der Waals surface area contributed by atoms with Crippen molar-refractivity contribution in [2.45, 2.75) is 50.4 Å². The van der Waals surface area contributed by atoms with Crippen LogP contribution in [0.1, 0.15) is 47.5 Å². The largest absolute Gasteiger partial charge is 0.479 e. The second-order valence-electron chi connectivity index (χ2n) is 9.43. The highest BCUT2D eigenvalue weighted by molar-refractivity contribution is 6.05. The number of nitrogens with zero attached hydrogens (tertiary/aromatic N) is 6. The number of carboxylic acids is 2. The van der Waals surface area contributed by atoms with E-state index in [0.29, 0.717) is 34.8 Å². The van der Waals surface area contributed by atoms with Gasteiger partial charge in [0, 0.05) is 19.0 Å². The zero-order chi connectivity index (χ0) is 31.0. The number of benzene rings is 1. The van der Waals surface area contributed by atoms with E-state index in [1.807, 2.05) is 6.07 Å². The molecule has 0 spiro atoms. The van der Waals surface area contributed by atoms with Gasteiger partial charge >= 0.3 is 18.1 Å². The van der Waals surface area contributed by atoms with E-state index in [9.17, 15) is 32.7 Å². The molecular formula is C24H25F3N6O8. The highest BCUT2D eigenvalue weighted by Gasteiger charge is 2.55. The van der Waals surface area contributed by atoms with Gasteiger partial charge in [-0.2, -0.15) is 23.5 Å². The number of imidazole rings is 1. The maximum absolute atomic E-state index is 13.3. The number of hydrogen-bond donors (Lipinski definition) is 5. The summed E-state index contributed by atoms with van der Waals surface area (Å²) in [6.45, 7) is 2.50. The van der Waals surface area contributed by atoms with Crippen molar-refractivity contribution in [1.29, 1.82) is 5.26 Å². The Bertz CT molecular complexity index is 1520. The summed E-state index contributed by atoms with van der Waals surface area (Å²) in [7, 11) is 1.62. The number of alkyl halides is 3. The molecule has 4 rings (SSSR count). The third kappa shape index (κ3) is 5.84. The molecule has 0 radical (unpaired) electrons. The second kappa shape index (κ2) is 11.2. The molecule has 2 unspecified atom stereocenters. The van der Waals surface area contributed by atoms with Crippen LogP contribution in [0, 0.1) is 11.3 Å². The molecule has 220 valence electrons. The Morgan fingerprint density at radius 1 is 1.15 bits per heavy atom. The predicted octanol–water partition coefficient (Wildman–Crippen LogP) is 0.506. The molecule has 2 aromatic heterocycles. The second-order valence-corrected chi connectivity index (χ2v) is 9.43. The van der Waals surface area contributed by atoms with Gasteiger partial charge in [-0.05, 0) is 32.0 Å². The highest BCUT2D eigenvalue weighted by atomic mass is 19.4. The Hall–Kier alpha value is -4.53. The van der Waals surface area contributed by atoms with E-state index in [-0.39, 0.29) is 19.0 Å². The molecule has 3 heterocycles. The molecule has 1 aliphatic heterocycles. The van der Waals surface area contributed by atoms with Gasteiger partial charge in [-0.1, -0.05) is 0 Å². The van der Waals surface area contributed by atoms with E-state index in [1.54, 1.807) is 32.2 Å². The Morgan fingerprint density at radius 3 is 2.24 bits per heavy atom. The van der Waals surface area contributed by atoms with E-state index in [2.05, 4.69) is 10.1 Å². The fraction of sp³-hybridized carbons (Fsp3) is 0.417. The van der Waals surface area contributed by atoms with Gasteiger partial charge in [0.15, 0.2) is 18.0 Å². The van der Waals surface area contributed by atoms with Crippen LogP contribution in [0.3, 0.4) is 0 Å². The summed E-state index contributed by atoms with van der Waals surface area (Å²) in [6, 6.07) is 6.33. The molecule has 0 bridgehead atoms. The normalized spacial score (nSPS) is 17.9. The number of hydrogen-bond acceptors (Lipinski definition) is 9. The summed E-state index contributed by atoms with van der Waals surface area (Å²) < 4.78 is 42.8. The smallest absolute Gasteiger partial charge is 0.424 e. The lowest BCUT2D eigenvalue weighted by Gasteiger charge is -2.36. The van der Waals surface area contributed by atoms with Crippen molar-refractivity contribution < 1.29 is 53.1 Å². The number of aliphatic carboxylic acids is 2. The number of amides is 1. The van der Waals surface area contributed by atoms with Crippen LogP contribution in [0.4, 0.5) is 13.2 Å². The number of carbonyl (C=O) groups is 3. The minimum atomic E-state index is -4.89. The Labute approximate surface area is 229 Å². The Balaban J connectivity index is 0.000000397. The van der Waals surface area contributed by atoms with E-state index in [0.717, 1.165) is 0 Å². The lowest BCUT2D eigenvalue weighted by atomic mass is 10.0. The van der Waals surface area contributed by atoms with Gasteiger partial charge in [0.05, 0.1) is 41.6 Å². The van der Waals surface area contributed by atoms with Crippen LogP contribution in [-0.4, -0.2) is 92.5 Å². The number of aromatic nitrogens is 4. The van der Waals surface area contributed by atoms with E-state index >= 15 is 0 Å². The van der Waals surface area contributed by atoms with Crippen LogP contribution in [-0.2, 0) is 28.8 Å². The first kappa shape index (κ1) is 31.0. The molecule has 1 aliphatic rings. The predicted molar refractivity (Wildman–Crippen MR) is 130 cm³/mol. The zero-order valence-corrected chi connectivity index (χ0v) is 21.7. The van der Waals surface area contributed by atoms with Crippen LogP contribution < -0.4 is 0 Å². The van der Waals surface area contributed by atoms with Crippen molar-refractivity contribution in [2.75, 3.05) is 6.54 Å². The molecule has 41 heavy (non-hydrogen) atoms. The number of fused-ring (bicyclic) bond motifs is 2. The summed E-state index contributed by atoms with van der Waals surface area (Å²) in [5, 5.41) is 56.6. The molecule has 0 saturated carbocycles. The van der Waals surface area contributed by atoms with E-state index in [1.165, 1.54) is 20.3 Å². The van der Waals surface area contributed by atoms with Gasteiger partial charge in [0.2, 0.25) is 5.60 Å². The van der Waals surface area contributed by atoms with Crippen molar-refractivity contribution in [2.24, 2.45) is 7.05 Å². The van der Waals surface area contributed by atoms with E-state index < -0.39 is 47.8 Å². The maximum atomic E-state index is 13.3. The molecule has 1 aromatic carbocycles. The van der Waals surface area contributed by atoms with Crippen LogP contribution in [0.15, 0.2) is 24.4 Å². The molecule has 0 saturated heterocycles. The Kier molecular flexibility index (Phi) is 8.43. The molecule has 0 aliphatic carbocycles. The summed E-state index contributed by atoms with van der Waals surface area (Å²) in [4.78, 5) is 38.2. The van der Waals surface area contributed by atoms with Gasteiger partial charge in [-0.15, -0.1) is 0 Å². The zero-order valence-electron chi connectivity index (χ0n) is 21.7. The summed E-state index contributed by atoms with van der Waals surface area (Å²) >= 11 is 0.